The van der Waals surface area contributed by atoms with Gasteiger partial charge in [0, 0.05) is 6.04 Å². The number of amides is 1. The van der Waals surface area contributed by atoms with Crippen molar-refractivity contribution in [3.8, 4) is 0 Å². The smallest absolute Gasteiger partial charge is 0.407 e. The summed E-state index contributed by atoms with van der Waals surface area (Å²) in [6, 6.07) is -0.425. The first-order valence-corrected chi connectivity index (χ1v) is 4.18. The summed E-state index contributed by atoms with van der Waals surface area (Å²) in [7, 11) is 0. The Morgan fingerprint density at radius 3 is 2.43 bits per heavy atom. The average Bonchev–Trinajstić information content (AvgIpc) is 2.07. The molecule has 1 aliphatic heterocycles. The van der Waals surface area contributed by atoms with Crippen LogP contribution in [0.5, 0.6) is 0 Å². The number of aliphatic carboxylic acids is 1. The van der Waals surface area contributed by atoms with E-state index < -0.39 is 29.8 Å². The second kappa shape index (κ2) is 3.65. The van der Waals surface area contributed by atoms with E-state index in [2.05, 4.69) is 0 Å². The van der Waals surface area contributed by atoms with Crippen molar-refractivity contribution in [3.05, 3.63) is 0 Å². The molecule has 0 bridgehead atoms. The molecule has 1 saturated heterocycles. The van der Waals surface area contributed by atoms with Crippen LogP contribution in [0.25, 0.3) is 0 Å². The molecule has 0 aromatic carbocycles. The number of ketones is 1. The molecule has 0 saturated carbocycles. The number of hydrogen-bond donors (Lipinski definition) is 2. The van der Waals surface area contributed by atoms with Crippen LogP contribution < -0.4 is 0 Å². The third-order valence-corrected chi connectivity index (χ3v) is 2.37. The van der Waals surface area contributed by atoms with Crippen molar-refractivity contribution < 1.29 is 24.6 Å². The van der Waals surface area contributed by atoms with Gasteiger partial charge in [0.2, 0.25) is 0 Å². The van der Waals surface area contributed by atoms with E-state index in [9.17, 15) is 14.4 Å². The van der Waals surface area contributed by atoms with Crippen LogP contribution in [-0.4, -0.2) is 45.5 Å². The Hall–Kier alpha value is -1.59. The van der Waals surface area contributed by atoms with Crippen molar-refractivity contribution in [1.29, 1.82) is 0 Å². The molecule has 1 aliphatic rings. The predicted molar refractivity (Wildman–Crippen MR) is 44.9 cm³/mol. The van der Waals surface area contributed by atoms with Crippen LogP contribution in [0.4, 0.5) is 4.79 Å². The van der Waals surface area contributed by atoms with Crippen molar-refractivity contribution in [3.63, 3.8) is 0 Å². The molecule has 0 radical (unpaired) electrons. The highest BCUT2D eigenvalue weighted by Crippen LogP contribution is 2.20. The molecule has 6 heteroatoms. The first-order valence-electron chi connectivity index (χ1n) is 4.18. The third-order valence-electron chi connectivity index (χ3n) is 2.37. The minimum Gasteiger partial charge on any atom is -0.481 e. The van der Waals surface area contributed by atoms with E-state index in [1.54, 1.807) is 6.92 Å². The van der Waals surface area contributed by atoms with Gasteiger partial charge >= 0.3 is 12.1 Å². The molecule has 2 N–H and O–H groups in total. The topological polar surface area (TPSA) is 94.9 Å². The largest absolute Gasteiger partial charge is 0.481 e. The minimum atomic E-state index is -1.19. The normalized spacial score (nSPS) is 27.5. The van der Waals surface area contributed by atoms with Crippen LogP contribution in [0.2, 0.25) is 0 Å². The molecule has 14 heavy (non-hydrogen) atoms. The van der Waals surface area contributed by atoms with E-state index in [0.717, 1.165) is 4.90 Å². The summed E-state index contributed by atoms with van der Waals surface area (Å²) in [5.41, 5.74) is 0. The SMILES string of the molecule is C[C@@H]1CC(C(=O)O)C(=O)CN1C(=O)O. The Balaban J connectivity index is 2.76. The van der Waals surface area contributed by atoms with Gasteiger partial charge in [-0.15, -0.1) is 0 Å². The first kappa shape index (κ1) is 10.5. The van der Waals surface area contributed by atoms with Gasteiger partial charge in [0.05, 0.1) is 6.54 Å². The lowest BCUT2D eigenvalue weighted by Gasteiger charge is -2.32. The lowest BCUT2D eigenvalue weighted by Crippen LogP contribution is -2.50. The highest BCUT2D eigenvalue weighted by atomic mass is 16.4. The van der Waals surface area contributed by atoms with Crippen LogP contribution in [0.15, 0.2) is 0 Å². The lowest BCUT2D eigenvalue weighted by molar-refractivity contribution is -0.149. The molecule has 0 aromatic heterocycles. The highest BCUT2D eigenvalue weighted by molar-refractivity contribution is 6.00. The van der Waals surface area contributed by atoms with Crippen molar-refractivity contribution in [2.45, 2.75) is 19.4 Å². The van der Waals surface area contributed by atoms with Gasteiger partial charge in [-0.3, -0.25) is 14.5 Å². The fourth-order valence-electron chi connectivity index (χ4n) is 1.53. The molecule has 78 valence electrons. The van der Waals surface area contributed by atoms with Gasteiger partial charge in [-0.1, -0.05) is 0 Å². The first-order chi connectivity index (χ1) is 6.43. The Labute approximate surface area is 80.1 Å². The monoisotopic (exact) mass is 201 g/mol. The molecule has 1 fully saturated rings. The van der Waals surface area contributed by atoms with E-state index in [-0.39, 0.29) is 13.0 Å². The van der Waals surface area contributed by atoms with Crippen LogP contribution in [0.3, 0.4) is 0 Å². The Morgan fingerprint density at radius 1 is 1.43 bits per heavy atom. The Bertz CT molecular complexity index is 287. The Kier molecular flexibility index (Phi) is 2.73. The van der Waals surface area contributed by atoms with E-state index in [4.69, 9.17) is 10.2 Å². The number of hydrogen-bond acceptors (Lipinski definition) is 3. The maximum Gasteiger partial charge on any atom is 0.407 e. The average molecular weight is 201 g/mol. The molecule has 1 rings (SSSR count). The molecule has 1 amide bonds. The van der Waals surface area contributed by atoms with Gasteiger partial charge in [-0.25, -0.2) is 4.79 Å². The fraction of sp³-hybridized carbons (Fsp3) is 0.625. The zero-order valence-electron chi connectivity index (χ0n) is 7.64. The summed E-state index contributed by atoms with van der Waals surface area (Å²) in [4.78, 5) is 33.4. The molecule has 0 aromatic rings. The van der Waals surface area contributed by atoms with Crippen LogP contribution in [0.1, 0.15) is 13.3 Å². The second-order valence-electron chi connectivity index (χ2n) is 3.35. The summed E-state index contributed by atoms with van der Waals surface area (Å²) >= 11 is 0. The summed E-state index contributed by atoms with van der Waals surface area (Å²) < 4.78 is 0. The van der Waals surface area contributed by atoms with Crippen LogP contribution in [-0.2, 0) is 9.59 Å². The number of carbonyl (C=O) groups is 3. The molecule has 0 aliphatic carbocycles. The number of carbonyl (C=O) groups excluding carboxylic acids is 1. The van der Waals surface area contributed by atoms with E-state index in [1.165, 1.54) is 0 Å². The highest BCUT2D eigenvalue weighted by Gasteiger charge is 2.38. The van der Waals surface area contributed by atoms with Gasteiger partial charge in [-0.2, -0.15) is 0 Å². The lowest BCUT2D eigenvalue weighted by atomic mass is 9.91. The molecule has 6 nitrogen and oxygen atoms in total. The number of nitrogens with zero attached hydrogens (tertiary/aromatic N) is 1. The van der Waals surface area contributed by atoms with Gasteiger partial charge < -0.3 is 10.2 Å². The third kappa shape index (κ3) is 1.84. The number of carboxylic acid groups (broad SMARTS) is 2. The van der Waals surface area contributed by atoms with E-state index in [1.807, 2.05) is 0 Å². The number of Topliss-reactive ketones (excluding diaryl/α,β-unsaturated/α-hetero) is 1. The maximum absolute atomic E-state index is 11.2. The molecule has 1 unspecified atom stereocenters. The van der Waals surface area contributed by atoms with Gasteiger partial charge in [0.15, 0.2) is 5.78 Å². The predicted octanol–water partition coefficient (Wildman–Crippen LogP) is 0.0285. The van der Waals surface area contributed by atoms with Crippen molar-refractivity contribution in [2.24, 2.45) is 5.92 Å². The molecular weight excluding hydrogens is 190 g/mol. The van der Waals surface area contributed by atoms with Crippen molar-refractivity contribution in [1.82, 2.24) is 4.90 Å². The number of rotatable bonds is 1. The quantitative estimate of drug-likeness (QED) is 0.583. The second-order valence-corrected chi connectivity index (χ2v) is 3.35. The number of carboxylic acids is 1. The number of piperidine rings is 1. The summed E-state index contributed by atoms with van der Waals surface area (Å²) in [5.74, 6) is -2.77. The fourth-order valence-corrected chi connectivity index (χ4v) is 1.53. The maximum atomic E-state index is 11.2. The van der Waals surface area contributed by atoms with E-state index >= 15 is 0 Å². The zero-order chi connectivity index (χ0) is 10.9. The Morgan fingerprint density at radius 2 is 2.00 bits per heavy atom. The molecular formula is C8H11NO5. The van der Waals surface area contributed by atoms with Gasteiger partial charge in [-0.05, 0) is 13.3 Å². The van der Waals surface area contributed by atoms with Crippen LogP contribution in [0, 0.1) is 5.92 Å². The number of likely N-dealkylation sites (tertiary alicyclic amines) is 1. The standard InChI is InChI=1S/C8H11NO5/c1-4-2-5(7(11)12)6(10)3-9(4)8(13)14/h4-5H,2-3H2,1H3,(H,11,12)(H,13,14)/t4-,5?/m1/s1. The van der Waals surface area contributed by atoms with Crippen LogP contribution >= 0.6 is 0 Å². The van der Waals surface area contributed by atoms with E-state index in [0.29, 0.717) is 0 Å². The van der Waals surface area contributed by atoms with Crippen molar-refractivity contribution in [2.75, 3.05) is 6.54 Å². The minimum absolute atomic E-state index is 0.0560. The molecule has 2 atom stereocenters. The zero-order valence-corrected chi connectivity index (χ0v) is 7.64. The summed E-state index contributed by atoms with van der Waals surface area (Å²) in [6.45, 7) is 1.27. The van der Waals surface area contributed by atoms with Gasteiger partial charge in [0.25, 0.3) is 0 Å². The summed E-state index contributed by atoms with van der Waals surface area (Å²) in [5, 5.41) is 17.3. The molecule has 0 spiro atoms. The molecule has 1 heterocycles. The van der Waals surface area contributed by atoms with Gasteiger partial charge in [0.1, 0.15) is 5.92 Å². The summed E-state index contributed by atoms with van der Waals surface area (Å²) in [6.07, 6.45) is -1.13. The van der Waals surface area contributed by atoms with Crippen molar-refractivity contribution >= 4 is 17.8 Å².